The Balaban J connectivity index is 2.25. The number of hydrogen-bond acceptors (Lipinski definition) is 8. The van der Waals surface area contributed by atoms with E-state index in [9.17, 15) is 9.59 Å². The van der Waals surface area contributed by atoms with Crippen LogP contribution in [0.15, 0.2) is 18.2 Å². The summed E-state index contributed by atoms with van der Waals surface area (Å²) in [5.41, 5.74) is 5.88. The fourth-order valence-electron chi connectivity index (χ4n) is 5.54. The quantitative estimate of drug-likeness (QED) is 0.134. The highest BCUT2D eigenvalue weighted by Gasteiger charge is 2.40. The second-order valence-corrected chi connectivity index (χ2v) is 13.8. The topological polar surface area (TPSA) is 122 Å². The number of rotatable bonds is 22. The van der Waals surface area contributed by atoms with Crippen molar-refractivity contribution in [2.24, 2.45) is 34.8 Å². The van der Waals surface area contributed by atoms with Gasteiger partial charge in [-0.15, -0.1) is 11.6 Å². The summed E-state index contributed by atoms with van der Waals surface area (Å²) in [7, 11) is 3.34. The van der Waals surface area contributed by atoms with E-state index in [2.05, 4.69) is 36.2 Å². The van der Waals surface area contributed by atoms with Gasteiger partial charge in [-0.05, 0) is 68.6 Å². The normalized spacial score (nSPS) is 18.7. The van der Waals surface area contributed by atoms with E-state index in [0.29, 0.717) is 63.2 Å². The number of halogens is 1. The fraction of sp³-hybridized carbons (Fsp3) is 0.765. The minimum absolute atomic E-state index is 0.0480. The largest absolute Gasteiger partial charge is 0.493 e. The van der Waals surface area contributed by atoms with Crippen LogP contribution in [0.4, 0.5) is 0 Å². The zero-order chi connectivity index (χ0) is 33.6. The van der Waals surface area contributed by atoms with Crippen LogP contribution in [0.1, 0.15) is 66.4 Å². The summed E-state index contributed by atoms with van der Waals surface area (Å²) >= 11 is 5.90. The van der Waals surface area contributed by atoms with Crippen LogP contribution in [0, 0.1) is 29.1 Å². The maximum atomic E-state index is 13.4. The number of nitrogens with zero attached hydrogens (tertiary/aromatic N) is 1. The van der Waals surface area contributed by atoms with Crippen LogP contribution in [-0.2, 0) is 30.2 Å². The molecule has 2 rings (SSSR count). The number of amides is 2. The lowest BCUT2D eigenvalue weighted by Gasteiger charge is -2.33. The third kappa shape index (κ3) is 12.5. The number of hydrogen-bond donors (Lipinski definition) is 2. The second kappa shape index (κ2) is 19.5. The summed E-state index contributed by atoms with van der Waals surface area (Å²) in [5, 5.41) is 2.98. The minimum atomic E-state index is -0.832. The molecule has 11 heteroatoms. The standard InChI is InChI=1S/C34H58ClN3O7/c1-23(2)26(16-25-10-11-29(42-8)31(17-25)44-14-9-13-41-7)18-28-30(45-22-38(28)21-43-15-12-35)19-27(24(3)4)32(39)37-20-34(5,6)33(36)40/h10-11,17,23-24,26-28,30H,9,12-16,18-22H2,1-8H3,(H2,36,40)(H,37,39)/t26-,27-,28-,30-/m0/s1. The highest BCUT2D eigenvalue weighted by Crippen LogP contribution is 2.35. The van der Waals surface area contributed by atoms with E-state index in [-0.39, 0.29) is 36.4 Å². The molecule has 1 heterocycles. The van der Waals surface area contributed by atoms with E-state index >= 15 is 0 Å². The van der Waals surface area contributed by atoms with Gasteiger partial charge in [-0.3, -0.25) is 14.5 Å². The molecule has 2 amide bonds. The number of nitrogens with one attached hydrogen (secondary N) is 1. The molecule has 1 aliphatic heterocycles. The molecule has 0 bridgehead atoms. The molecule has 4 atom stereocenters. The van der Waals surface area contributed by atoms with Crippen LogP contribution >= 0.6 is 11.6 Å². The van der Waals surface area contributed by atoms with E-state index in [1.165, 1.54) is 5.56 Å². The van der Waals surface area contributed by atoms with Gasteiger partial charge in [0.1, 0.15) is 13.5 Å². The summed E-state index contributed by atoms with van der Waals surface area (Å²) in [5.74, 6) is 1.84. The molecule has 0 aliphatic carbocycles. The maximum Gasteiger partial charge on any atom is 0.224 e. The van der Waals surface area contributed by atoms with Gasteiger partial charge in [0, 0.05) is 44.5 Å². The molecular formula is C34H58ClN3O7. The summed E-state index contributed by atoms with van der Waals surface area (Å²) < 4.78 is 29.0. The van der Waals surface area contributed by atoms with E-state index in [1.54, 1.807) is 28.1 Å². The van der Waals surface area contributed by atoms with Gasteiger partial charge in [-0.1, -0.05) is 33.8 Å². The van der Waals surface area contributed by atoms with Crippen LogP contribution in [0.5, 0.6) is 11.5 Å². The molecule has 1 saturated heterocycles. The number of carbonyl (C=O) groups excluding carboxylic acids is 2. The van der Waals surface area contributed by atoms with Crippen molar-refractivity contribution in [2.45, 2.75) is 79.4 Å². The van der Waals surface area contributed by atoms with Gasteiger partial charge in [-0.25, -0.2) is 0 Å². The predicted octanol–water partition coefficient (Wildman–Crippen LogP) is 4.85. The number of benzene rings is 1. The van der Waals surface area contributed by atoms with Crippen molar-refractivity contribution in [1.82, 2.24) is 10.2 Å². The molecule has 0 unspecified atom stereocenters. The smallest absolute Gasteiger partial charge is 0.224 e. The molecule has 3 N–H and O–H groups in total. The molecule has 45 heavy (non-hydrogen) atoms. The fourth-order valence-corrected chi connectivity index (χ4v) is 5.65. The third-order valence-corrected chi connectivity index (χ3v) is 8.95. The Morgan fingerprint density at radius 1 is 1.09 bits per heavy atom. The van der Waals surface area contributed by atoms with Crippen molar-refractivity contribution in [1.29, 1.82) is 0 Å². The first kappa shape index (κ1) is 39.1. The Morgan fingerprint density at radius 3 is 2.42 bits per heavy atom. The average Bonchev–Trinajstić information content (AvgIpc) is 3.37. The summed E-state index contributed by atoms with van der Waals surface area (Å²) in [6.45, 7) is 14.7. The SMILES string of the molecule is COCCCOc1cc(C[C@@H](C[C@H]2[C@H](C[C@H](C(=O)NCC(C)(C)C(N)=O)C(C)C)OCN2COCCCl)C(C)C)ccc1OC. The first-order chi connectivity index (χ1) is 21.3. The van der Waals surface area contributed by atoms with Gasteiger partial charge in [0.05, 0.1) is 31.8 Å². The molecule has 1 aromatic carbocycles. The number of carbonyl (C=O) groups is 2. The summed E-state index contributed by atoms with van der Waals surface area (Å²) in [6, 6.07) is 6.20. The highest BCUT2D eigenvalue weighted by molar-refractivity contribution is 6.17. The number of ether oxygens (including phenoxy) is 5. The zero-order valence-electron chi connectivity index (χ0n) is 28.7. The molecule has 1 fully saturated rings. The third-order valence-electron chi connectivity index (χ3n) is 8.79. The molecule has 0 spiro atoms. The van der Waals surface area contributed by atoms with Gasteiger partial charge in [-0.2, -0.15) is 0 Å². The Labute approximate surface area is 275 Å². The van der Waals surface area contributed by atoms with Gasteiger partial charge in [0.25, 0.3) is 0 Å². The minimum Gasteiger partial charge on any atom is -0.493 e. The van der Waals surface area contributed by atoms with Crippen molar-refractivity contribution in [2.75, 3.05) is 59.9 Å². The van der Waals surface area contributed by atoms with Gasteiger partial charge < -0.3 is 34.7 Å². The van der Waals surface area contributed by atoms with Crippen LogP contribution in [-0.4, -0.2) is 88.8 Å². The average molecular weight is 656 g/mol. The molecular weight excluding hydrogens is 598 g/mol. The molecule has 10 nitrogen and oxygen atoms in total. The van der Waals surface area contributed by atoms with Crippen molar-refractivity contribution < 1.29 is 33.3 Å². The Kier molecular flexibility index (Phi) is 17.0. The lowest BCUT2D eigenvalue weighted by molar-refractivity contribution is -0.130. The molecule has 0 aromatic heterocycles. The van der Waals surface area contributed by atoms with Crippen molar-refractivity contribution in [3.63, 3.8) is 0 Å². The van der Waals surface area contributed by atoms with Crippen molar-refractivity contribution >= 4 is 23.4 Å². The first-order valence-electron chi connectivity index (χ1n) is 16.2. The van der Waals surface area contributed by atoms with Gasteiger partial charge >= 0.3 is 0 Å². The zero-order valence-corrected chi connectivity index (χ0v) is 29.5. The lowest BCUT2D eigenvalue weighted by atomic mass is 9.80. The van der Waals surface area contributed by atoms with Crippen molar-refractivity contribution in [3.05, 3.63) is 23.8 Å². The first-order valence-corrected chi connectivity index (χ1v) is 16.7. The lowest BCUT2D eigenvalue weighted by Crippen LogP contribution is -2.46. The van der Waals surface area contributed by atoms with E-state index < -0.39 is 11.3 Å². The van der Waals surface area contributed by atoms with E-state index in [1.807, 2.05) is 19.9 Å². The van der Waals surface area contributed by atoms with Gasteiger partial charge in [0.15, 0.2) is 11.5 Å². The van der Waals surface area contributed by atoms with Crippen LogP contribution in [0.3, 0.4) is 0 Å². The van der Waals surface area contributed by atoms with E-state index in [0.717, 1.165) is 25.0 Å². The molecule has 1 aliphatic rings. The molecule has 0 radical (unpaired) electrons. The van der Waals surface area contributed by atoms with Gasteiger partial charge in [0.2, 0.25) is 11.8 Å². The number of primary amides is 1. The summed E-state index contributed by atoms with van der Waals surface area (Å²) in [4.78, 5) is 27.4. The van der Waals surface area contributed by atoms with Crippen molar-refractivity contribution in [3.8, 4) is 11.5 Å². The monoisotopic (exact) mass is 655 g/mol. The number of alkyl halides is 1. The van der Waals surface area contributed by atoms with Crippen LogP contribution < -0.4 is 20.5 Å². The number of methoxy groups -OCH3 is 2. The van der Waals surface area contributed by atoms with Crippen LogP contribution in [0.2, 0.25) is 0 Å². The Bertz CT molecular complexity index is 1040. The molecule has 0 saturated carbocycles. The number of nitrogens with two attached hydrogens (primary N) is 1. The maximum absolute atomic E-state index is 13.4. The summed E-state index contributed by atoms with van der Waals surface area (Å²) in [6.07, 6.45) is 2.91. The Hall–Kier alpha value is -2.11. The highest BCUT2D eigenvalue weighted by atomic mass is 35.5. The Morgan fingerprint density at radius 2 is 1.82 bits per heavy atom. The van der Waals surface area contributed by atoms with Crippen LogP contribution in [0.25, 0.3) is 0 Å². The molecule has 1 aromatic rings. The molecule has 258 valence electrons. The predicted molar refractivity (Wildman–Crippen MR) is 177 cm³/mol. The second-order valence-electron chi connectivity index (χ2n) is 13.4. The van der Waals surface area contributed by atoms with E-state index in [4.69, 9.17) is 41.0 Å².